The van der Waals surface area contributed by atoms with Crippen molar-refractivity contribution < 1.29 is 13.2 Å². The van der Waals surface area contributed by atoms with Crippen molar-refractivity contribution >= 4 is 26.8 Å². The molecular weight excluding hydrogens is 448 g/mol. The number of carbonyl (C=O) groups excluding carboxylic acids is 1. The molecule has 176 valence electrons. The van der Waals surface area contributed by atoms with Gasteiger partial charge in [0.25, 0.3) is 5.91 Å². The molecule has 2 aromatic carbocycles. The van der Waals surface area contributed by atoms with E-state index in [1.807, 2.05) is 56.6 Å². The number of carbonyl (C=O) groups is 1. The quantitative estimate of drug-likeness (QED) is 0.428. The summed E-state index contributed by atoms with van der Waals surface area (Å²) >= 11 is 0. The smallest absolute Gasteiger partial charge is 0.252 e. The second-order valence-electron chi connectivity index (χ2n) is 8.88. The Kier molecular flexibility index (Phi) is 6.27. The van der Waals surface area contributed by atoms with Gasteiger partial charge in [0.05, 0.1) is 33.8 Å². The van der Waals surface area contributed by atoms with Crippen LogP contribution in [0.3, 0.4) is 0 Å². The molecule has 7 nitrogen and oxygen atoms in total. The number of aromatic nitrogens is 3. The van der Waals surface area contributed by atoms with Gasteiger partial charge in [0, 0.05) is 17.9 Å². The Morgan fingerprint density at radius 2 is 1.65 bits per heavy atom. The highest BCUT2D eigenvalue weighted by molar-refractivity contribution is 7.90. The van der Waals surface area contributed by atoms with E-state index in [2.05, 4.69) is 10.4 Å². The van der Waals surface area contributed by atoms with E-state index in [4.69, 9.17) is 4.98 Å². The maximum Gasteiger partial charge on any atom is 0.252 e. The standard InChI is InChI=1S/C26H28N4O3S/c1-16(2)30-25-23(15-27-30)22(14-24(29-25)20-8-6-17(3)7-9-20)26(31)28-18(4)19-10-12-21(13-11-19)34(5,32)33/h6-16,18H,1-5H3,(H,28,31). The van der Waals surface area contributed by atoms with E-state index in [0.29, 0.717) is 22.3 Å². The highest BCUT2D eigenvalue weighted by Crippen LogP contribution is 2.27. The third kappa shape index (κ3) is 4.72. The van der Waals surface area contributed by atoms with Crippen molar-refractivity contribution in [2.75, 3.05) is 6.26 Å². The average molecular weight is 477 g/mol. The first-order chi connectivity index (χ1) is 16.0. The van der Waals surface area contributed by atoms with Crippen LogP contribution in [0.25, 0.3) is 22.3 Å². The number of rotatable bonds is 6. The lowest BCUT2D eigenvalue weighted by atomic mass is 10.0. The monoisotopic (exact) mass is 476 g/mol. The zero-order chi connectivity index (χ0) is 24.6. The Morgan fingerprint density at radius 1 is 1.00 bits per heavy atom. The van der Waals surface area contributed by atoms with Crippen LogP contribution in [-0.2, 0) is 9.84 Å². The number of amides is 1. The summed E-state index contributed by atoms with van der Waals surface area (Å²) in [5.41, 5.74) is 4.72. The van der Waals surface area contributed by atoms with Gasteiger partial charge >= 0.3 is 0 Å². The van der Waals surface area contributed by atoms with Crippen LogP contribution in [0.4, 0.5) is 0 Å². The van der Waals surface area contributed by atoms with Crippen LogP contribution in [0.5, 0.6) is 0 Å². The number of benzene rings is 2. The van der Waals surface area contributed by atoms with Crippen LogP contribution in [-0.4, -0.2) is 35.3 Å². The molecule has 0 aliphatic heterocycles. The normalized spacial score (nSPS) is 12.8. The fourth-order valence-corrected chi connectivity index (χ4v) is 4.45. The molecule has 0 aliphatic carbocycles. The highest BCUT2D eigenvalue weighted by atomic mass is 32.2. The second-order valence-corrected chi connectivity index (χ2v) is 10.9. The first-order valence-corrected chi connectivity index (χ1v) is 13.0. The van der Waals surface area contributed by atoms with Crippen molar-refractivity contribution in [3.63, 3.8) is 0 Å². The van der Waals surface area contributed by atoms with Crippen LogP contribution in [0.1, 0.15) is 54.3 Å². The van der Waals surface area contributed by atoms with Crippen LogP contribution >= 0.6 is 0 Å². The Balaban J connectivity index is 1.72. The first kappa shape index (κ1) is 23.6. The summed E-state index contributed by atoms with van der Waals surface area (Å²) in [6.45, 7) is 7.93. The van der Waals surface area contributed by atoms with Crippen molar-refractivity contribution in [2.45, 2.75) is 44.7 Å². The van der Waals surface area contributed by atoms with Crippen molar-refractivity contribution in [2.24, 2.45) is 0 Å². The van der Waals surface area contributed by atoms with E-state index in [1.54, 1.807) is 36.5 Å². The van der Waals surface area contributed by atoms with Crippen LogP contribution in [0, 0.1) is 6.92 Å². The molecule has 0 radical (unpaired) electrons. The predicted octanol–water partition coefficient (Wildman–Crippen LogP) is 4.88. The van der Waals surface area contributed by atoms with Crippen molar-refractivity contribution in [1.82, 2.24) is 20.1 Å². The Hall–Kier alpha value is -3.52. The third-order valence-electron chi connectivity index (χ3n) is 5.80. The molecule has 0 saturated heterocycles. The van der Waals surface area contributed by atoms with Gasteiger partial charge in [0.2, 0.25) is 0 Å². The zero-order valence-corrected chi connectivity index (χ0v) is 20.7. The highest BCUT2D eigenvalue weighted by Gasteiger charge is 2.20. The number of hydrogen-bond acceptors (Lipinski definition) is 5. The topological polar surface area (TPSA) is 94.0 Å². The summed E-state index contributed by atoms with van der Waals surface area (Å²) in [5, 5.41) is 8.19. The summed E-state index contributed by atoms with van der Waals surface area (Å²) < 4.78 is 25.3. The van der Waals surface area contributed by atoms with Crippen LogP contribution in [0.2, 0.25) is 0 Å². The van der Waals surface area contributed by atoms with E-state index in [0.717, 1.165) is 16.7 Å². The van der Waals surface area contributed by atoms with Crippen molar-refractivity contribution in [3.05, 3.63) is 77.5 Å². The minimum atomic E-state index is -3.28. The maximum atomic E-state index is 13.4. The van der Waals surface area contributed by atoms with Gasteiger partial charge in [-0.05, 0) is 51.5 Å². The number of fused-ring (bicyclic) bond motifs is 1. The minimum Gasteiger partial charge on any atom is -0.345 e. The Morgan fingerprint density at radius 3 is 2.24 bits per heavy atom. The molecule has 1 atom stereocenters. The molecule has 0 spiro atoms. The van der Waals surface area contributed by atoms with Gasteiger partial charge in [-0.15, -0.1) is 0 Å². The lowest BCUT2D eigenvalue weighted by molar-refractivity contribution is 0.0941. The van der Waals surface area contributed by atoms with Gasteiger partial charge in [-0.2, -0.15) is 5.10 Å². The predicted molar refractivity (Wildman–Crippen MR) is 134 cm³/mol. The van der Waals surface area contributed by atoms with Gasteiger partial charge in [0.1, 0.15) is 0 Å². The summed E-state index contributed by atoms with van der Waals surface area (Å²) in [4.78, 5) is 18.5. The number of nitrogens with zero attached hydrogens (tertiary/aromatic N) is 3. The van der Waals surface area contributed by atoms with Gasteiger partial charge in [0.15, 0.2) is 15.5 Å². The average Bonchev–Trinajstić information content (AvgIpc) is 3.22. The maximum absolute atomic E-state index is 13.4. The zero-order valence-electron chi connectivity index (χ0n) is 19.9. The van der Waals surface area contributed by atoms with Crippen LogP contribution < -0.4 is 5.32 Å². The molecule has 8 heteroatoms. The molecule has 1 unspecified atom stereocenters. The number of aryl methyl sites for hydroxylation is 1. The van der Waals surface area contributed by atoms with E-state index in [9.17, 15) is 13.2 Å². The van der Waals surface area contributed by atoms with E-state index in [-0.39, 0.29) is 22.9 Å². The fraction of sp³-hybridized carbons (Fsp3) is 0.269. The molecule has 2 heterocycles. The lowest BCUT2D eigenvalue weighted by Crippen LogP contribution is -2.27. The second kappa shape index (κ2) is 9.02. The molecule has 1 N–H and O–H groups in total. The summed E-state index contributed by atoms with van der Waals surface area (Å²) in [6, 6.07) is 16.1. The van der Waals surface area contributed by atoms with E-state index >= 15 is 0 Å². The first-order valence-electron chi connectivity index (χ1n) is 11.1. The molecule has 34 heavy (non-hydrogen) atoms. The number of nitrogens with one attached hydrogen (secondary N) is 1. The van der Waals surface area contributed by atoms with Gasteiger partial charge in [-0.25, -0.2) is 18.1 Å². The van der Waals surface area contributed by atoms with Crippen molar-refractivity contribution in [3.8, 4) is 11.3 Å². The molecule has 4 rings (SSSR count). The summed E-state index contributed by atoms with van der Waals surface area (Å²) in [5.74, 6) is -0.247. The largest absolute Gasteiger partial charge is 0.345 e. The Labute approximate surface area is 199 Å². The molecule has 1 amide bonds. The van der Waals surface area contributed by atoms with Crippen LogP contribution in [0.15, 0.2) is 65.7 Å². The number of pyridine rings is 1. The van der Waals surface area contributed by atoms with Gasteiger partial charge in [-0.1, -0.05) is 42.0 Å². The van der Waals surface area contributed by atoms with Gasteiger partial charge in [-0.3, -0.25) is 4.79 Å². The molecule has 0 aliphatic rings. The molecule has 4 aromatic rings. The lowest BCUT2D eigenvalue weighted by Gasteiger charge is -2.16. The molecular formula is C26H28N4O3S. The van der Waals surface area contributed by atoms with E-state index in [1.165, 1.54) is 6.26 Å². The van der Waals surface area contributed by atoms with Crippen molar-refractivity contribution in [1.29, 1.82) is 0 Å². The summed E-state index contributed by atoms with van der Waals surface area (Å²) in [7, 11) is -3.28. The third-order valence-corrected chi connectivity index (χ3v) is 6.93. The van der Waals surface area contributed by atoms with Gasteiger partial charge < -0.3 is 5.32 Å². The SMILES string of the molecule is Cc1ccc(-c2cc(C(=O)NC(C)c3ccc(S(C)(=O)=O)cc3)c3cnn(C(C)C)c3n2)cc1. The Bertz CT molecular complexity index is 1450. The summed E-state index contributed by atoms with van der Waals surface area (Å²) in [6.07, 6.45) is 2.85. The molecule has 0 saturated carbocycles. The number of hydrogen-bond donors (Lipinski definition) is 1. The molecule has 0 bridgehead atoms. The molecule has 0 fully saturated rings. The molecule has 2 aromatic heterocycles. The number of sulfone groups is 1. The van der Waals surface area contributed by atoms with E-state index < -0.39 is 9.84 Å². The minimum absolute atomic E-state index is 0.0847. The fourth-order valence-electron chi connectivity index (χ4n) is 3.82.